The lowest BCUT2D eigenvalue weighted by Crippen LogP contribution is -1.99. The fourth-order valence-corrected chi connectivity index (χ4v) is 1.62. The van der Waals surface area contributed by atoms with Crippen molar-refractivity contribution in [2.75, 3.05) is 0 Å². The van der Waals surface area contributed by atoms with Gasteiger partial charge in [0.15, 0.2) is 17.8 Å². The SMILES string of the molecule is O=C(O)c1ncoc1-c1cc(Br)ccc1F. The van der Waals surface area contributed by atoms with Crippen LogP contribution in [0.4, 0.5) is 4.39 Å². The monoisotopic (exact) mass is 285 g/mol. The molecular formula is C10H5BrFNO3. The van der Waals surface area contributed by atoms with Crippen molar-refractivity contribution >= 4 is 21.9 Å². The van der Waals surface area contributed by atoms with Gasteiger partial charge in [0.1, 0.15) is 5.82 Å². The van der Waals surface area contributed by atoms with Crippen LogP contribution in [0.25, 0.3) is 11.3 Å². The van der Waals surface area contributed by atoms with E-state index in [1.54, 1.807) is 0 Å². The van der Waals surface area contributed by atoms with Crippen molar-refractivity contribution in [2.24, 2.45) is 0 Å². The van der Waals surface area contributed by atoms with Crippen molar-refractivity contribution in [3.05, 3.63) is 40.6 Å². The van der Waals surface area contributed by atoms with Crippen LogP contribution >= 0.6 is 15.9 Å². The van der Waals surface area contributed by atoms with Gasteiger partial charge in [-0.2, -0.15) is 0 Å². The van der Waals surface area contributed by atoms with Crippen LogP contribution in [0.15, 0.2) is 33.5 Å². The van der Waals surface area contributed by atoms with E-state index in [0.29, 0.717) is 4.47 Å². The highest BCUT2D eigenvalue weighted by molar-refractivity contribution is 9.10. The number of hydrogen-bond donors (Lipinski definition) is 1. The van der Waals surface area contributed by atoms with Gasteiger partial charge in [0.2, 0.25) is 0 Å². The zero-order valence-corrected chi connectivity index (χ0v) is 9.36. The molecule has 1 N–H and O–H groups in total. The first-order chi connectivity index (χ1) is 7.59. The van der Waals surface area contributed by atoms with Crippen LogP contribution in [0, 0.1) is 5.82 Å². The maximum Gasteiger partial charge on any atom is 0.358 e. The molecule has 1 aromatic heterocycles. The van der Waals surface area contributed by atoms with Crippen LogP contribution in [0.2, 0.25) is 0 Å². The largest absolute Gasteiger partial charge is 0.476 e. The van der Waals surface area contributed by atoms with E-state index in [1.165, 1.54) is 18.2 Å². The van der Waals surface area contributed by atoms with Crippen molar-refractivity contribution < 1.29 is 18.7 Å². The number of halogens is 2. The molecule has 0 bridgehead atoms. The van der Waals surface area contributed by atoms with Crippen LogP contribution in [0.3, 0.4) is 0 Å². The van der Waals surface area contributed by atoms with Crippen molar-refractivity contribution in [1.82, 2.24) is 4.98 Å². The molecule has 0 aliphatic carbocycles. The Morgan fingerprint density at radius 2 is 2.25 bits per heavy atom. The first-order valence-corrected chi connectivity index (χ1v) is 5.01. The predicted octanol–water partition coefficient (Wildman–Crippen LogP) is 2.94. The predicted molar refractivity (Wildman–Crippen MR) is 56.6 cm³/mol. The van der Waals surface area contributed by atoms with E-state index in [9.17, 15) is 9.18 Å². The molecule has 0 spiro atoms. The minimum atomic E-state index is -1.26. The number of carbonyl (C=O) groups is 1. The topological polar surface area (TPSA) is 63.3 Å². The molecule has 0 aliphatic rings. The molecule has 0 unspecified atom stereocenters. The number of nitrogens with zero attached hydrogens (tertiary/aromatic N) is 1. The van der Waals surface area contributed by atoms with Gasteiger partial charge in [0.05, 0.1) is 5.56 Å². The number of hydrogen-bond acceptors (Lipinski definition) is 3. The fraction of sp³-hybridized carbons (Fsp3) is 0. The summed E-state index contributed by atoms with van der Waals surface area (Å²) < 4.78 is 19.0. The first kappa shape index (κ1) is 10.8. The highest BCUT2D eigenvalue weighted by Crippen LogP contribution is 2.28. The highest BCUT2D eigenvalue weighted by Gasteiger charge is 2.20. The molecule has 1 aromatic carbocycles. The van der Waals surface area contributed by atoms with E-state index in [4.69, 9.17) is 9.52 Å². The minimum Gasteiger partial charge on any atom is -0.476 e. The second-order valence-corrected chi connectivity index (χ2v) is 3.88. The summed E-state index contributed by atoms with van der Waals surface area (Å²) in [4.78, 5) is 14.3. The molecule has 1 heterocycles. The molecule has 16 heavy (non-hydrogen) atoms. The Hall–Kier alpha value is -1.69. The zero-order chi connectivity index (χ0) is 11.7. The first-order valence-electron chi connectivity index (χ1n) is 4.22. The second-order valence-electron chi connectivity index (χ2n) is 2.96. The van der Waals surface area contributed by atoms with Gasteiger partial charge in [-0.25, -0.2) is 14.2 Å². The number of carboxylic acid groups (broad SMARTS) is 1. The Balaban J connectivity index is 2.62. The summed E-state index contributed by atoms with van der Waals surface area (Å²) in [5.74, 6) is -1.92. The fourth-order valence-electron chi connectivity index (χ4n) is 1.26. The van der Waals surface area contributed by atoms with E-state index in [0.717, 1.165) is 6.39 Å². The van der Waals surface area contributed by atoms with Gasteiger partial charge in [-0.1, -0.05) is 15.9 Å². The zero-order valence-electron chi connectivity index (χ0n) is 7.78. The number of aromatic nitrogens is 1. The lowest BCUT2D eigenvalue weighted by molar-refractivity contribution is 0.0691. The molecule has 0 saturated carbocycles. The minimum absolute atomic E-state index is 0.0595. The van der Waals surface area contributed by atoms with Gasteiger partial charge in [0.25, 0.3) is 0 Å². The van der Waals surface area contributed by atoms with E-state index >= 15 is 0 Å². The lowest BCUT2D eigenvalue weighted by Gasteiger charge is -2.00. The molecule has 0 saturated heterocycles. The van der Waals surface area contributed by atoms with Gasteiger partial charge in [-0.3, -0.25) is 0 Å². The van der Waals surface area contributed by atoms with Crippen molar-refractivity contribution in [3.63, 3.8) is 0 Å². The lowest BCUT2D eigenvalue weighted by atomic mass is 10.1. The van der Waals surface area contributed by atoms with Crippen LogP contribution < -0.4 is 0 Å². The molecule has 0 fully saturated rings. The molecular weight excluding hydrogens is 281 g/mol. The molecule has 2 aromatic rings. The van der Waals surface area contributed by atoms with E-state index in [1.807, 2.05) is 0 Å². The van der Waals surface area contributed by atoms with Crippen LogP contribution in [0.1, 0.15) is 10.5 Å². The maximum atomic E-state index is 13.5. The molecule has 4 nitrogen and oxygen atoms in total. The van der Waals surface area contributed by atoms with Crippen molar-refractivity contribution in [1.29, 1.82) is 0 Å². The number of oxazole rings is 1. The van der Waals surface area contributed by atoms with E-state index in [2.05, 4.69) is 20.9 Å². The third kappa shape index (κ3) is 1.83. The molecule has 0 aliphatic heterocycles. The average molecular weight is 286 g/mol. The molecule has 0 radical (unpaired) electrons. The summed E-state index contributed by atoms with van der Waals surface area (Å²) >= 11 is 3.17. The van der Waals surface area contributed by atoms with E-state index in [-0.39, 0.29) is 17.0 Å². The van der Waals surface area contributed by atoms with Crippen LogP contribution in [-0.4, -0.2) is 16.1 Å². The summed E-state index contributed by atoms with van der Waals surface area (Å²) in [6.45, 7) is 0. The molecule has 6 heteroatoms. The van der Waals surface area contributed by atoms with Crippen molar-refractivity contribution in [3.8, 4) is 11.3 Å². The van der Waals surface area contributed by atoms with Gasteiger partial charge in [0, 0.05) is 4.47 Å². The molecule has 2 rings (SSSR count). The molecule has 0 atom stereocenters. The Morgan fingerprint density at radius 3 is 2.94 bits per heavy atom. The quantitative estimate of drug-likeness (QED) is 0.921. The second kappa shape index (κ2) is 4.05. The molecule has 82 valence electrons. The Bertz CT molecular complexity index is 553. The normalized spacial score (nSPS) is 10.4. The summed E-state index contributed by atoms with van der Waals surface area (Å²) in [6, 6.07) is 4.16. The number of carboxylic acids is 1. The summed E-state index contributed by atoms with van der Waals surface area (Å²) in [7, 11) is 0. The van der Waals surface area contributed by atoms with Crippen LogP contribution in [-0.2, 0) is 0 Å². The Labute approximate surface area is 97.9 Å². The third-order valence-corrected chi connectivity index (χ3v) is 2.44. The summed E-state index contributed by atoms with van der Waals surface area (Å²) in [6.07, 6.45) is 0.971. The highest BCUT2D eigenvalue weighted by atomic mass is 79.9. The number of rotatable bonds is 2. The standard InChI is InChI=1S/C10H5BrFNO3/c11-5-1-2-7(12)6(3-5)9-8(10(14)15)13-4-16-9/h1-4H,(H,14,15). The number of aromatic carboxylic acids is 1. The summed E-state index contributed by atoms with van der Waals surface area (Å²) in [5.41, 5.74) is -0.249. The van der Waals surface area contributed by atoms with Gasteiger partial charge >= 0.3 is 5.97 Å². The van der Waals surface area contributed by atoms with E-state index < -0.39 is 11.8 Å². The average Bonchev–Trinajstić information content (AvgIpc) is 2.70. The number of benzene rings is 1. The maximum absolute atomic E-state index is 13.5. The van der Waals surface area contributed by atoms with Crippen molar-refractivity contribution in [2.45, 2.75) is 0 Å². The van der Waals surface area contributed by atoms with Crippen LogP contribution in [0.5, 0.6) is 0 Å². The van der Waals surface area contributed by atoms with Gasteiger partial charge in [-0.05, 0) is 18.2 Å². The molecule has 0 amide bonds. The Morgan fingerprint density at radius 1 is 1.50 bits per heavy atom. The smallest absolute Gasteiger partial charge is 0.358 e. The van der Waals surface area contributed by atoms with Gasteiger partial charge < -0.3 is 9.52 Å². The summed E-state index contributed by atoms with van der Waals surface area (Å²) in [5, 5.41) is 8.82. The third-order valence-electron chi connectivity index (χ3n) is 1.94. The van der Waals surface area contributed by atoms with Gasteiger partial charge in [-0.15, -0.1) is 0 Å². The Kier molecular flexibility index (Phi) is 2.74.